The van der Waals surface area contributed by atoms with E-state index in [0.29, 0.717) is 31.3 Å². The molecule has 0 saturated carbocycles. The van der Waals surface area contributed by atoms with E-state index in [4.69, 9.17) is 4.74 Å². The van der Waals surface area contributed by atoms with Crippen LogP contribution >= 0.6 is 11.3 Å². The van der Waals surface area contributed by atoms with Crippen LogP contribution in [0.4, 0.5) is 4.79 Å². The van der Waals surface area contributed by atoms with Crippen molar-refractivity contribution in [2.24, 2.45) is 0 Å². The van der Waals surface area contributed by atoms with Crippen molar-refractivity contribution in [2.75, 3.05) is 26.2 Å². The molecule has 35 heavy (non-hydrogen) atoms. The molecule has 2 bridgehead atoms. The van der Waals surface area contributed by atoms with Gasteiger partial charge in [-0.05, 0) is 81.1 Å². The zero-order valence-electron chi connectivity index (χ0n) is 20.5. The molecule has 1 aromatic carbocycles. The van der Waals surface area contributed by atoms with Crippen LogP contribution in [0, 0.1) is 0 Å². The van der Waals surface area contributed by atoms with Crippen LogP contribution in [0.2, 0.25) is 0 Å². The van der Waals surface area contributed by atoms with Gasteiger partial charge in [0, 0.05) is 36.6 Å². The maximum Gasteiger partial charge on any atom is 0.410 e. The van der Waals surface area contributed by atoms with E-state index >= 15 is 0 Å². The molecule has 3 fully saturated rings. The van der Waals surface area contributed by atoms with Gasteiger partial charge < -0.3 is 19.4 Å². The zero-order valence-corrected chi connectivity index (χ0v) is 21.3. The lowest BCUT2D eigenvalue weighted by Crippen LogP contribution is -2.57. The topological polar surface area (TPSA) is 53.1 Å². The maximum absolute atomic E-state index is 13.3. The average molecular weight is 494 g/mol. The highest BCUT2D eigenvalue weighted by Crippen LogP contribution is 2.45. The number of fused-ring (bicyclic) bond motifs is 4. The lowest BCUT2D eigenvalue weighted by Gasteiger charge is -2.51. The van der Waals surface area contributed by atoms with Gasteiger partial charge in [0.2, 0.25) is 0 Å². The minimum atomic E-state index is -0.120. The van der Waals surface area contributed by atoms with Gasteiger partial charge in [-0.25, -0.2) is 4.79 Å². The second-order valence-electron chi connectivity index (χ2n) is 10.7. The Morgan fingerprint density at radius 2 is 1.77 bits per heavy atom. The number of nitrogens with zero attached hydrogens (tertiary/aromatic N) is 3. The van der Waals surface area contributed by atoms with E-state index in [1.165, 1.54) is 22.5 Å². The molecular formula is C28H35N3O3S. The maximum atomic E-state index is 13.3. The SMILES string of the molecule is CCOC(=O)N1C2CCC1CC(N1CCC3(CC1)CN(C(=O)c1cccs1)Cc1ccccc13)C2. The number of rotatable bonds is 3. The average Bonchev–Trinajstić information content (AvgIpc) is 3.50. The van der Waals surface area contributed by atoms with Crippen LogP contribution < -0.4 is 0 Å². The molecule has 2 amide bonds. The van der Waals surface area contributed by atoms with Crippen LogP contribution in [-0.2, 0) is 16.7 Å². The molecule has 1 spiro atoms. The quantitative estimate of drug-likeness (QED) is 0.611. The summed E-state index contributed by atoms with van der Waals surface area (Å²) in [4.78, 5) is 33.4. The first-order chi connectivity index (χ1) is 17.1. The van der Waals surface area contributed by atoms with E-state index in [0.717, 1.165) is 63.0 Å². The number of thiophene rings is 1. The molecule has 5 heterocycles. The fraction of sp³-hybridized carbons (Fsp3) is 0.571. The van der Waals surface area contributed by atoms with Crippen LogP contribution in [0.3, 0.4) is 0 Å². The predicted molar refractivity (Wildman–Crippen MR) is 137 cm³/mol. The van der Waals surface area contributed by atoms with E-state index in [-0.39, 0.29) is 17.4 Å². The number of hydrogen-bond acceptors (Lipinski definition) is 5. The lowest BCUT2D eigenvalue weighted by atomic mass is 9.68. The fourth-order valence-electron chi connectivity index (χ4n) is 7.27. The lowest BCUT2D eigenvalue weighted by molar-refractivity contribution is 0.0192. The molecule has 6 rings (SSSR count). The molecule has 4 aliphatic heterocycles. The minimum Gasteiger partial charge on any atom is -0.450 e. The van der Waals surface area contributed by atoms with Crippen molar-refractivity contribution in [2.45, 2.75) is 75.5 Å². The molecular weight excluding hydrogens is 458 g/mol. The van der Waals surface area contributed by atoms with Crippen molar-refractivity contribution in [1.29, 1.82) is 0 Å². The highest BCUT2D eigenvalue weighted by molar-refractivity contribution is 7.12. The molecule has 0 aliphatic carbocycles. The van der Waals surface area contributed by atoms with Gasteiger partial charge in [-0.2, -0.15) is 0 Å². The third-order valence-corrected chi connectivity index (χ3v) is 9.78. The van der Waals surface area contributed by atoms with Crippen molar-refractivity contribution in [3.8, 4) is 0 Å². The standard InChI is InChI=1S/C28H35N3O3S/c1-2-34-27(33)31-21-9-10-22(31)17-23(16-21)29-13-11-28(12-14-29)19-30(26(32)25-8-5-15-35-25)18-20-6-3-4-7-24(20)28/h3-8,15,21-23H,2,9-14,16-19H2,1H3. The van der Waals surface area contributed by atoms with Crippen molar-refractivity contribution in [3.05, 3.63) is 57.8 Å². The summed E-state index contributed by atoms with van der Waals surface area (Å²) in [6.07, 6.45) is 6.35. The van der Waals surface area contributed by atoms with Gasteiger partial charge in [-0.15, -0.1) is 11.3 Å². The molecule has 6 nitrogen and oxygen atoms in total. The van der Waals surface area contributed by atoms with Crippen molar-refractivity contribution >= 4 is 23.3 Å². The Labute approximate surface area is 211 Å². The van der Waals surface area contributed by atoms with Gasteiger partial charge >= 0.3 is 6.09 Å². The zero-order chi connectivity index (χ0) is 24.0. The Kier molecular flexibility index (Phi) is 6.09. The molecule has 2 aromatic rings. The highest BCUT2D eigenvalue weighted by Gasteiger charge is 2.48. The third-order valence-electron chi connectivity index (χ3n) is 8.92. The molecule has 3 saturated heterocycles. The van der Waals surface area contributed by atoms with Crippen molar-refractivity contribution in [3.63, 3.8) is 0 Å². The van der Waals surface area contributed by atoms with Crippen LogP contribution in [0.1, 0.15) is 66.2 Å². The van der Waals surface area contributed by atoms with Crippen molar-refractivity contribution in [1.82, 2.24) is 14.7 Å². The van der Waals surface area contributed by atoms with Crippen LogP contribution in [-0.4, -0.2) is 71.1 Å². The van der Waals surface area contributed by atoms with Gasteiger partial charge in [0.15, 0.2) is 0 Å². The molecule has 2 atom stereocenters. The first kappa shape index (κ1) is 23.0. The number of hydrogen-bond donors (Lipinski definition) is 0. The number of benzene rings is 1. The summed E-state index contributed by atoms with van der Waals surface area (Å²) >= 11 is 1.54. The second kappa shape index (κ2) is 9.25. The summed E-state index contributed by atoms with van der Waals surface area (Å²) in [6, 6.07) is 13.9. The normalized spacial score (nSPS) is 27.6. The highest BCUT2D eigenvalue weighted by atomic mass is 32.1. The van der Waals surface area contributed by atoms with E-state index in [2.05, 4.69) is 34.1 Å². The summed E-state index contributed by atoms with van der Waals surface area (Å²) < 4.78 is 5.35. The number of amides is 2. The van der Waals surface area contributed by atoms with Gasteiger partial charge in [0.25, 0.3) is 5.91 Å². The number of likely N-dealkylation sites (tertiary alicyclic amines) is 1. The van der Waals surface area contributed by atoms with E-state index in [1.807, 2.05) is 29.3 Å². The van der Waals surface area contributed by atoms with E-state index in [9.17, 15) is 9.59 Å². The fourth-order valence-corrected chi connectivity index (χ4v) is 7.97. The number of ether oxygens (including phenoxy) is 1. The van der Waals surface area contributed by atoms with Crippen LogP contribution in [0.5, 0.6) is 0 Å². The van der Waals surface area contributed by atoms with Gasteiger partial charge in [0.05, 0.1) is 11.5 Å². The Morgan fingerprint density at radius 1 is 1.03 bits per heavy atom. The number of carbonyl (C=O) groups is 2. The number of carbonyl (C=O) groups excluding carboxylic acids is 2. The summed E-state index contributed by atoms with van der Waals surface area (Å²) in [5.74, 6) is 0.166. The first-order valence-electron chi connectivity index (χ1n) is 13.2. The molecule has 7 heteroatoms. The Bertz CT molecular complexity index is 1060. The Balaban J connectivity index is 1.17. The number of piperidine rings is 2. The van der Waals surface area contributed by atoms with Crippen LogP contribution in [0.25, 0.3) is 0 Å². The summed E-state index contributed by atoms with van der Waals surface area (Å²) in [6.45, 7) is 5.95. The van der Waals surface area contributed by atoms with Crippen LogP contribution in [0.15, 0.2) is 41.8 Å². The van der Waals surface area contributed by atoms with E-state index in [1.54, 1.807) is 0 Å². The van der Waals surface area contributed by atoms with Gasteiger partial charge in [0.1, 0.15) is 0 Å². The van der Waals surface area contributed by atoms with E-state index < -0.39 is 0 Å². The smallest absolute Gasteiger partial charge is 0.410 e. The summed E-state index contributed by atoms with van der Waals surface area (Å²) in [5.41, 5.74) is 2.79. The predicted octanol–water partition coefficient (Wildman–Crippen LogP) is 4.89. The molecule has 0 N–H and O–H groups in total. The van der Waals surface area contributed by atoms with Gasteiger partial charge in [-0.3, -0.25) is 4.79 Å². The molecule has 1 aromatic heterocycles. The first-order valence-corrected chi connectivity index (χ1v) is 14.1. The Morgan fingerprint density at radius 3 is 2.46 bits per heavy atom. The largest absolute Gasteiger partial charge is 0.450 e. The summed E-state index contributed by atoms with van der Waals surface area (Å²) in [5, 5.41) is 1.99. The third kappa shape index (κ3) is 4.06. The Hall–Kier alpha value is -2.38. The van der Waals surface area contributed by atoms with Crippen molar-refractivity contribution < 1.29 is 14.3 Å². The minimum absolute atomic E-state index is 0.0306. The summed E-state index contributed by atoms with van der Waals surface area (Å²) in [7, 11) is 0. The van der Waals surface area contributed by atoms with Gasteiger partial charge in [-0.1, -0.05) is 30.3 Å². The molecule has 4 aliphatic rings. The monoisotopic (exact) mass is 493 g/mol. The molecule has 2 unspecified atom stereocenters. The molecule has 186 valence electrons. The second-order valence-corrected chi connectivity index (χ2v) is 11.7. The molecule has 0 radical (unpaired) electrons.